The van der Waals surface area contributed by atoms with E-state index >= 15 is 0 Å². The van der Waals surface area contributed by atoms with Crippen LogP contribution < -0.4 is 26.9 Å². The highest BCUT2D eigenvalue weighted by Gasteiger charge is 2.08. The summed E-state index contributed by atoms with van der Waals surface area (Å²) < 4.78 is 1.85. The molecule has 94 valence electrons. The maximum atomic E-state index is 11.7. The highest BCUT2D eigenvalue weighted by Crippen LogP contribution is 2.04. The van der Waals surface area contributed by atoms with Gasteiger partial charge in [-0.2, -0.15) is 4.57 Å². The normalized spacial score (nSPS) is 9.39. The Hall–Kier alpha value is -1.68. The summed E-state index contributed by atoms with van der Waals surface area (Å²) in [6.07, 6.45) is 3.81. The van der Waals surface area contributed by atoms with Gasteiger partial charge in [-0.1, -0.05) is 18.2 Å². The molecule has 2 rings (SSSR count). The van der Waals surface area contributed by atoms with Gasteiger partial charge in [0, 0.05) is 17.8 Å². The summed E-state index contributed by atoms with van der Waals surface area (Å²) >= 11 is 0. The van der Waals surface area contributed by atoms with Crippen LogP contribution >= 0.6 is 0 Å². The Kier molecular flexibility index (Phi) is 5.52. The van der Waals surface area contributed by atoms with E-state index in [0.717, 1.165) is 5.69 Å². The van der Waals surface area contributed by atoms with Gasteiger partial charge in [-0.15, -0.1) is 0 Å². The van der Waals surface area contributed by atoms with Crippen LogP contribution in [0.25, 0.3) is 0 Å². The molecule has 18 heavy (non-hydrogen) atoms. The summed E-state index contributed by atoms with van der Waals surface area (Å²) in [5.41, 5.74) is 2.01. The van der Waals surface area contributed by atoms with Crippen molar-refractivity contribution in [1.82, 2.24) is 0 Å². The van der Waals surface area contributed by atoms with Gasteiger partial charge in [-0.25, -0.2) is 0 Å². The van der Waals surface area contributed by atoms with Crippen LogP contribution in [0, 0.1) is 6.92 Å². The van der Waals surface area contributed by atoms with E-state index in [-0.39, 0.29) is 22.9 Å². The molecule has 1 N–H and O–H groups in total. The van der Waals surface area contributed by atoms with Crippen molar-refractivity contribution < 1.29 is 26.3 Å². The van der Waals surface area contributed by atoms with Gasteiger partial charge < -0.3 is 22.3 Å². The molecule has 0 unspecified atom stereocenters. The fourth-order valence-corrected chi connectivity index (χ4v) is 1.53. The maximum absolute atomic E-state index is 11.7. The topological polar surface area (TPSA) is 33.0 Å². The van der Waals surface area contributed by atoms with Crippen molar-refractivity contribution in [1.29, 1.82) is 0 Å². The Morgan fingerprint density at radius 2 is 1.72 bits per heavy atom. The van der Waals surface area contributed by atoms with Crippen molar-refractivity contribution in [3.05, 3.63) is 60.4 Å². The molecule has 1 amide bonds. The van der Waals surface area contributed by atoms with Crippen LogP contribution in [0.2, 0.25) is 0 Å². The molecule has 0 atom stereocenters. The van der Waals surface area contributed by atoms with E-state index in [0.29, 0.717) is 6.54 Å². The number of aromatic nitrogens is 1. The fourth-order valence-electron chi connectivity index (χ4n) is 1.53. The Balaban J connectivity index is 0.00000162. The first-order valence-corrected chi connectivity index (χ1v) is 5.55. The number of benzene rings is 1. The smallest absolute Gasteiger partial charge is 0.290 e. The lowest BCUT2D eigenvalue weighted by molar-refractivity contribution is -0.684. The highest BCUT2D eigenvalue weighted by atomic mass is 79.9. The summed E-state index contributed by atoms with van der Waals surface area (Å²) in [6, 6.07) is 13.4. The van der Waals surface area contributed by atoms with Crippen LogP contribution in [-0.4, -0.2) is 5.91 Å². The van der Waals surface area contributed by atoms with Gasteiger partial charge in [0.05, 0.1) is 0 Å². The number of hydrogen-bond donors (Lipinski definition) is 1. The molecule has 3 nitrogen and oxygen atoms in total. The monoisotopic (exact) mass is 306 g/mol. The number of para-hydroxylation sites is 1. The molecule has 0 aliphatic rings. The maximum Gasteiger partial charge on any atom is 0.290 e. The number of halogens is 1. The number of nitrogens with zero attached hydrogens (tertiary/aromatic N) is 1. The van der Waals surface area contributed by atoms with E-state index in [9.17, 15) is 4.79 Å². The van der Waals surface area contributed by atoms with E-state index in [1.165, 1.54) is 5.56 Å². The van der Waals surface area contributed by atoms with E-state index in [2.05, 4.69) is 5.32 Å². The zero-order valence-electron chi connectivity index (χ0n) is 10.1. The molecular formula is C14H15BrN2O. The first-order valence-electron chi connectivity index (χ1n) is 5.55. The molecule has 4 heteroatoms. The van der Waals surface area contributed by atoms with Gasteiger partial charge in [0.25, 0.3) is 5.91 Å². The average molecular weight is 307 g/mol. The molecule has 0 radical (unpaired) electrons. The summed E-state index contributed by atoms with van der Waals surface area (Å²) in [5, 5.41) is 2.85. The summed E-state index contributed by atoms with van der Waals surface area (Å²) in [7, 11) is 0. The van der Waals surface area contributed by atoms with E-state index < -0.39 is 0 Å². The molecule has 0 spiro atoms. The van der Waals surface area contributed by atoms with Crippen molar-refractivity contribution in [3.8, 4) is 0 Å². The van der Waals surface area contributed by atoms with Crippen molar-refractivity contribution in [2.75, 3.05) is 5.32 Å². The number of aryl methyl sites for hydroxylation is 1. The lowest BCUT2D eigenvalue weighted by atomic mass is 10.3. The van der Waals surface area contributed by atoms with Crippen LogP contribution in [-0.2, 0) is 11.3 Å². The van der Waals surface area contributed by atoms with Crippen LogP contribution in [0.3, 0.4) is 0 Å². The zero-order chi connectivity index (χ0) is 12.1. The summed E-state index contributed by atoms with van der Waals surface area (Å²) in [6.45, 7) is 2.35. The second-order valence-electron chi connectivity index (χ2n) is 3.96. The molecule has 0 fully saturated rings. The number of anilines is 1. The molecule has 0 bridgehead atoms. The van der Waals surface area contributed by atoms with Gasteiger partial charge in [0.15, 0.2) is 12.4 Å². The minimum atomic E-state index is -0.0231. The Morgan fingerprint density at radius 1 is 1.11 bits per heavy atom. The molecule has 1 aromatic heterocycles. The lowest BCUT2D eigenvalue weighted by Gasteiger charge is -2.02. The van der Waals surface area contributed by atoms with E-state index in [1.54, 1.807) is 0 Å². The Morgan fingerprint density at radius 3 is 2.33 bits per heavy atom. The zero-order valence-corrected chi connectivity index (χ0v) is 11.7. The summed E-state index contributed by atoms with van der Waals surface area (Å²) in [5.74, 6) is -0.0231. The van der Waals surface area contributed by atoms with Crippen LogP contribution in [0.1, 0.15) is 5.56 Å². The lowest BCUT2D eigenvalue weighted by Crippen LogP contribution is -3.00. The average Bonchev–Trinajstić information content (AvgIpc) is 2.33. The second-order valence-corrected chi connectivity index (χ2v) is 3.96. The van der Waals surface area contributed by atoms with Crippen molar-refractivity contribution in [2.24, 2.45) is 0 Å². The molecule has 0 aliphatic carbocycles. The van der Waals surface area contributed by atoms with Gasteiger partial charge in [0.1, 0.15) is 0 Å². The molecule has 0 aliphatic heterocycles. The van der Waals surface area contributed by atoms with Crippen molar-refractivity contribution >= 4 is 11.6 Å². The molecule has 1 heterocycles. The fraction of sp³-hybridized carbons (Fsp3) is 0.143. The number of carbonyl (C=O) groups excluding carboxylic acids is 1. The quantitative estimate of drug-likeness (QED) is 0.720. The van der Waals surface area contributed by atoms with E-state index in [4.69, 9.17) is 0 Å². The van der Waals surface area contributed by atoms with Crippen molar-refractivity contribution in [2.45, 2.75) is 13.5 Å². The predicted molar refractivity (Wildman–Crippen MR) is 66.4 cm³/mol. The SMILES string of the molecule is Cc1cc[n+](CC(=O)Nc2ccccc2)cc1.[Br-]. The standard InChI is InChI=1S/C14H14N2O.BrH/c1-12-7-9-16(10-8-12)11-14(17)15-13-5-3-2-4-6-13;/h2-10H,11H2,1H3;1H. The Labute approximate surface area is 117 Å². The first-order chi connectivity index (χ1) is 8.24. The number of carbonyl (C=O) groups is 1. The van der Waals surface area contributed by atoms with Gasteiger partial charge in [-0.3, -0.25) is 4.79 Å². The predicted octanol–water partition coefficient (Wildman–Crippen LogP) is -1.07. The van der Waals surface area contributed by atoms with Crippen LogP contribution in [0.15, 0.2) is 54.9 Å². The van der Waals surface area contributed by atoms with Gasteiger partial charge in [-0.05, 0) is 24.6 Å². The van der Waals surface area contributed by atoms with E-state index in [1.807, 2.05) is 66.3 Å². The molecule has 2 aromatic rings. The molecule has 0 saturated carbocycles. The third-order valence-corrected chi connectivity index (χ3v) is 2.44. The number of rotatable bonds is 3. The summed E-state index contributed by atoms with van der Waals surface area (Å²) in [4.78, 5) is 11.7. The molecular weight excluding hydrogens is 292 g/mol. The highest BCUT2D eigenvalue weighted by molar-refractivity contribution is 5.89. The molecule has 1 aromatic carbocycles. The number of pyridine rings is 1. The Bertz CT molecular complexity index is 497. The minimum absolute atomic E-state index is 0. The third kappa shape index (κ3) is 4.30. The second kappa shape index (κ2) is 6.91. The molecule has 0 saturated heterocycles. The van der Waals surface area contributed by atoms with Crippen LogP contribution in [0.4, 0.5) is 5.69 Å². The largest absolute Gasteiger partial charge is 1.00 e. The van der Waals surface area contributed by atoms with Crippen molar-refractivity contribution in [3.63, 3.8) is 0 Å². The minimum Gasteiger partial charge on any atom is -1.00 e. The number of hydrogen-bond acceptors (Lipinski definition) is 1. The van der Waals surface area contributed by atoms with Crippen LogP contribution in [0.5, 0.6) is 0 Å². The van der Waals surface area contributed by atoms with Gasteiger partial charge in [0.2, 0.25) is 6.54 Å². The first kappa shape index (κ1) is 14.4. The number of amides is 1. The van der Waals surface area contributed by atoms with Gasteiger partial charge >= 0.3 is 0 Å². The number of nitrogens with one attached hydrogen (secondary N) is 1. The third-order valence-electron chi connectivity index (χ3n) is 2.44.